The second-order valence-electron chi connectivity index (χ2n) is 5.23. The van der Waals surface area contributed by atoms with Crippen LogP contribution in [0.2, 0.25) is 5.02 Å². The first kappa shape index (κ1) is 12.9. The zero-order chi connectivity index (χ0) is 12.1. The van der Waals surface area contributed by atoms with E-state index in [0.717, 1.165) is 11.6 Å². The van der Waals surface area contributed by atoms with Crippen molar-refractivity contribution in [3.05, 3.63) is 34.9 Å². The Kier molecular flexibility index (Phi) is 4.47. The molecule has 1 fully saturated rings. The fourth-order valence-corrected chi connectivity index (χ4v) is 3.24. The van der Waals surface area contributed by atoms with E-state index in [2.05, 4.69) is 24.5 Å². The van der Waals surface area contributed by atoms with Crippen molar-refractivity contribution in [2.45, 2.75) is 43.9 Å². The fraction of sp³-hybridized carbons (Fsp3) is 0.600. The summed E-state index contributed by atoms with van der Waals surface area (Å²) in [6.45, 7) is 1.08. The molecule has 1 aliphatic rings. The third-order valence-corrected chi connectivity index (χ3v) is 4.28. The van der Waals surface area contributed by atoms with Crippen LogP contribution in [0.25, 0.3) is 0 Å². The van der Waals surface area contributed by atoms with Gasteiger partial charge in [0.05, 0.1) is 0 Å². The molecule has 2 rings (SSSR count). The minimum absolute atomic E-state index is 0.329. The minimum atomic E-state index is 0.329. The summed E-state index contributed by atoms with van der Waals surface area (Å²) < 4.78 is 0. The highest BCUT2D eigenvalue weighted by atomic mass is 35.5. The van der Waals surface area contributed by atoms with Crippen LogP contribution in [-0.2, 0) is 5.41 Å². The molecule has 0 aromatic heterocycles. The van der Waals surface area contributed by atoms with Crippen molar-refractivity contribution in [1.29, 1.82) is 0 Å². The van der Waals surface area contributed by atoms with Gasteiger partial charge in [-0.1, -0.05) is 49.4 Å². The molecule has 0 spiro atoms. The zero-order valence-corrected chi connectivity index (χ0v) is 11.4. The van der Waals surface area contributed by atoms with Crippen molar-refractivity contribution in [2.24, 2.45) is 0 Å². The molecule has 0 radical (unpaired) electrons. The van der Waals surface area contributed by atoms with Gasteiger partial charge in [-0.25, -0.2) is 0 Å². The zero-order valence-electron chi connectivity index (χ0n) is 10.6. The third-order valence-electron chi connectivity index (χ3n) is 4.03. The first-order valence-electron chi connectivity index (χ1n) is 6.67. The van der Waals surface area contributed by atoms with E-state index in [4.69, 9.17) is 11.6 Å². The summed E-state index contributed by atoms with van der Waals surface area (Å²) in [5, 5.41) is 4.22. The Morgan fingerprint density at radius 2 is 1.65 bits per heavy atom. The Hall–Kier alpha value is -0.530. The summed E-state index contributed by atoms with van der Waals surface area (Å²) in [7, 11) is 2.06. The third kappa shape index (κ3) is 3.02. The first-order chi connectivity index (χ1) is 8.27. The molecule has 0 bridgehead atoms. The van der Waals surface area contributed by atoms with Gasteiger partial charge in [-0.05, 0) is 37.6 Å². The standard InChI is InChI=1S/C15H22ClN/c1-17-12-15(10-4-2-3-5-11-15)13-6-8-14(16)9-7-13/h6-9,17H,2-5,10-12H2,1H3. The van der Waals surface area contributed by atoms with E-state index in [0.29, 0.717) is 5.41 Å². The molecule has 1 N–H and O–H groups in total. The number of halogens is 1. The SMILES string of the molecule is CNCC1(c2ccc(Cl)cc2)CCCCCC1. The Morgan fingerprint density at radius 1 is 1.06 bits per heavy atom. The van der Waals surface area contributed by atoms with Gasteiger partial charge in [0, 0.05) is 17.0 Å². The van der Waals surface area contributed by atoms with Crippen LogP contribution >= 0.6 is 11.6 Å². The number of benzene rings is 1. The predicted octanol–water partition coefficient (Wildman–Crippen LogP) is 4.15. The fourth-order valence-electron chi connectivity index (χ4n) is 3.11. The largest absolute Gasteiger partial charge is 0.319 e. The second-order valence-corrected chi connectivity index (χ2v) is 5.67. The van der Waals surface area contributed by atoms with Crippen molar-refractivity contribution in [3.63, 3.8) is 0 Å². The smallest absolute Gasteiger partial charge is 0.0406 e. The Labute approximate surface area is 110 Å². The van der Waals surface area contributed by atoms with Crippen LogP contribution in [0, 0.1) is 0 Å². The Balaban J connectivity index is 2.28. The van der Waals surface area contributed by atoms with Gasteiger partial charge in [0.2, 0.25) is 0 Å². The molecule has 0 heterocycles. The Morgan fingerprint density at radius 3 is 2.18 bits per heavy atom. The van der Waals surface area contributed by atoms with E-state index < -0.39 is 0 Å². The lowest BCUT2D eigenvalue weighted by Crippen LogP contribution is -2.36. The second kappa shape index (κ2) is 5.88. The molecule has 0 aliphatic heterocycles. The minimum Gasteiger partial charge on any atom is -0.319 e. The molecule has 2 heteroatoms. The maximum Gasteiger partial charge on any atom is 0.0406 e. The van der Waals surface area contributed by atoms with Crippen molar-refractivity contribution >= 4 is 11.6 Å². The van der Waals surface area contributed by atoms with Gasteiger partial charge in [0.25, 0.3) is 0 Å². The summed E-state index contributed by atoms with van der Waals surface area (Å²) in [5.41, 5.74) is 1.79. The maximum absolute atomic E-state index is 5.99. The van der Waals surface area contributed by atoms with Gasteiger partial charge in [-0.15, -0.1) is 0 Å². The predicted molar refractivity (Wildman–Crippen MR) is 74.8 cm³/mol. The molecule has 1 aromatic rings. The average molecular weight is 252 g/mol. The molecule has 1 nitrogen and oxygen atoms in total. The lowest BCUT2D eigenvalue weighted by atomic mass is 9.74. The Bertz CT molecular complexity index is 336. The molecule has 1 aliphatic carbocycles. The van der Waals surface area contributed by atoms with Gasteiger partial charge >= 0.3 is 0 Å². The molecule has 0 unspecified atom stereocenters. The van der Waals surface area contributed by atoms with E-state index in [9.17, 15) is 0 Å². The molecule has 17 heavy (non-hydrogen) atoms. The topological polar surface area (TPSA) is 12.0 Å². The van der Waals surface area contributed by atoms with Crippen LogP contribution in [0.1, 0.15) is 44.1 Å². The summed E-state index contributed by atoms with van der Waals surface area (Å²) in [5.74, 6) is 0. The maximum atomic E-state index is 5.99. The normalized spacial score (nSPS) is 19.9. The van der Waals surface area contributed by atoms with E-state index in [1.165, 1.54) is 44.1 Å². The molecule has 1 saturated carbocycles. The summed E-state index contributed by atoms with van der Waals surface area (Å²) in [6, 6.07) is 8.48. The van der Waals surface area contributed by atoms with E-state index in [1.54, 1.807) is 0 Å². The van der Waals surface area contributed by atoms with Gasteiger partial charge in [0.1, 0.15) is 0 Å². The number of rotatable bonds is 3. The van der Waals surface area contributed by atoms with Gasteiger partial charge in [-0.2, -0.15) is 0 Å². The van der Waals surface area contributed by atoms with E-state index in [-0.39, 0.29) is 0 Å². The molecule has 0 saturated heterocycles. The van der Waals surface area contributed by atoms with E-state index >= 15 is 0 Å². The molecule has 0 atom stereocenters. The number of hydrogen-bond donors (Lipinski definition) is 1. The lowest BCUT2D eigenvalue weighted by molar-refractivity contribution is 0.358. The summed E-state index contributed by atoms with van der Waals surface area (Å²) in [6.07, 6.45) is 8.08. The van der Waals surface area contributed by atoms with E-state index in [1.807, 2.05) is 12.1 Å². The molecular weight excluding hydrogens is 230 g/mol. The highest BCUT2D eigenvalue weighted by Crippen LogP contribution is 2.38. The average Bonchev–Trinajstić information content (AvgIpc) is 2.57. The summed E-state index contributed by atoms with van der Waals surface area (Å²) in [4.78, 5) is 0. The van der Waals surface area contributed by atoms with Crippen molar-refractivity contribution in [2.75, 3.05) is 13.6 Å². The van der Waals surface area contributed by atoms with Crippen LogP contribution in [0.15, 0.2) is 24.3 Å². The van der Waals surface area contributed by atoms with Crippen molar-refractivity contribution in [1.82, 2.24) is 5.32 Å². The van der Waals surface area contributed by atoms with Gasteiger partial charge < -0.3 is 5.32 Å². The van der Waals surface area contributed by atoms with Crippen LogP contribution in [-0.4, -0.2) is 13.6 Å². The highest BCUT2D eigenvalue weighted by molar-refractivity contribution is 6.30. The summed E-state index contributed by atoms with van der Waals surface area (Å²) >= 11 is 5.99. The number of nitrogens with one attached hydrogen (secondary N) is 1. The van der Waals surface area contributed by atoms with Crippen LogP contribution in [0.5, 0.6) is 0 Å². The highest BCUT2D eigenvalue weighted by Gasteiger charge is 2.31. The number of likely N-dealkylation sites (N-methyl/N-ethyl adjacent to an activating group) is 1. The van der Waals surface area contributed by atoms with Gasteiger partial charge in [-0.3, -0.25) is 0 Å². The molecule has 1 aromatic carbocycles. The van der Waals surface area contributed by atoms with Gasteiger partial charge in [0.15, 0.2) is 0 Å². The van der Waals surface area contributed by atoms with Crippen molar-refractivity contribution in [3.8, 4) is 0 Å². The van der Waals surface area contributed by atoms with Crippen LogP contribution in [0.3, 0.4) is 0 Å². The monoisotopic (exact) mass is 251 g/mol. The molecule has 0 amide bonds. The first-order valence-corrected chi connectivity index (χ1v) is 7.05. The number of hydrogen-bond acceptors (Lipinski definition) is 1. The molecule has 94 valence electrons. The van der Waals surface area contributed by atoms with Crippen LogP contribution in [0.4, 0.5) is 0 Å². The quantitative estimate of drug-likeness (QED) is 0.796. The lowest BCUT2D eigenvalue weighted by Gasteiger charge is -2.33. The van der Waals surface area contributed by atoms with Crippen LogP contribution < -0.4 is 5.32 Å². The molecular formula is C15H22ClN. The van der Waals surface area contributed by atoms with Crippen molar-refractivity contribution < 1.29 is 0 Å².